The first-order valence-electron chi connectivity index (χ1n) is 5.99. The summed E-state index contributed by atoms with van der Waals surface area (Å²) < 4.78 is 13.2. The van der Waals surface area contributed by atoms with Crippen LogP contribution in [0, 0.1) is 12.7 Å². The Morgan fingerprint density at radius 2 is 2.00 bits per heavy atom. The lowest BCUT2D eigenvalue weighted by Gasteiger charge is -2.13. The van der Waals surface area contributed by atoms with E-state index in [9.17, 15) is 4.39 Å². The number of aromatic nitrogens is 2. The van der Waals surface area contributed by atoms with Gasteiger partial charge in [-0.1, -0.05) is 6.92 Å². The number of halogens is 1. The Labute approximate surface area is 111 Å². The Morgan fingerprint density at radius 3 is 2.63 bits per heavy atom. The minimum atomic E-state index is -0.228. The Kier molecular flexibility index (Phi) is 3.91. The van der Waals surface area contributed by atoms with E-state index >= 15 is 0 Å². The van der Waals surface area contributed by atoms with Crippen molar-refractivity contribution in [2.45, 2.75) is 20.3 Å². The molecule has 0 bridgehead atoms. The van der Waals surface area contributed by atoms with Crippen LogP contribution in [0.3, 0.4) is 0 Å². The van der Waals surface area contributed by atoms with Gasteiger partial charge in [-0.15, -0.1) is 0 Å². The predicted molar refractivity (Wildman–Crippen MR) is 73.6 cm³/mol. The topological polar surface area (TPSA) is 75.9 Å². The number of nitrogen functional groups attached to an aromatic ring is 1. The molecule has 100 valence electrons. The van der Waals surface area contributed by atoms with E-state index in [1.54, 1.807) is 19.1 Å². The van der Waals surface area contributed by atoms with Gasteiger partial charge in [0.25, 0.3) is 0 Å². The summed E-state index contributed by atoms with van der Waals surface area (Å²) in [5, 5.41) is 3.15. The van der Waals surface area contributed by atoms with Gasteiger partial charge in [-0.2, -0.15) is 0 Å². The summed E-state index contributed by atoms with van der Waals surface area (Å²) >= 11 is 0. The average Bonchev–Trinajstić information content (AvgIpc) is 2.42. The van der Waals surface area contributed by atoms with Crippen LogP contribution in [-0.4, -0.2) is 9.97 Å². The summed E-state index contributed by atoms with van der Waals surface area (Å²) in [6, 6.07) is 4.82. The highest BCUT2D eigenvalue weighted by molar-refractivity contribution is 5.65. The van der Waals surface area contributed by atoms with Crippen molar-refractivity contribution < 1.29 is 4.39 Å². The van der Waals surface area contributed by atoms with E-state index in [2.05, 4.69) is 20.7 Å². The van der Waals surface area contributed by atoms with Gasteiger partial charge in [0.15, 0.2) is 0 Å². The molecule has 0 unspecified atom stereocenters. The second kappa shape index (κ2) is 5.62. The molecular formula is C13H16FN5. The number of hydrogen-bond donors (Lipinski definition) is 3. The van der Waals surface area contributed by atoms with Crippen molar-refractivity contribution in [1.82, 2.24) is 9.97 Å². The normalized spacial score (nSPS) is 10.3. The first-order chi connectivity index (χ1) is 9.15. The number of benzene rings is 1. The van der Waals surface area contributed by atoms with Gasteiger partial charge in [-0.3, -0.25) is 0 Å². The van der Waals surface area contributed by atoms with E-state index in [0.29, 0.717) is 17.2 Å². The summed E-state index contributed by atoms with van der Waals surface area (Å²) in [6.45, 7) is 3.70. The lowest BCUT2D eigenvalue weighted by molar-refractivity contribution is 0.619. The number of hydrazine groups is 1. The third-order valence-corrected chi connectivity index (χ3v) is 2.86. The molecule has 0 spiro atoms. The maximum atomic E-state index is 13.2. The molecule has 2 rings (SSSR count). The number of anilines is 3. The summed E-state index contributed by atoms with van der Waals surface area (Å²) in [7, 11) is 0. The standard InChI is InChI=1S/C13H16FN5/c1-3-10-12(16-7-17-13(10)19-15)18-9-4-5-11(14)8(2)6-9/h4-7H,3,15H2,1-2H3,(H2,16,17,18,19). The largest absolute Gasteiger partial charge is 0.340 e. The van der Waals surface area contributed by atoms with Gasteiger partial charge < -0.3 is 10.7 Å². The van der Waals surface area contributed by atoms with Crippen LogP contribution in [0.15, 0.2) is 24.5 Å². The fraction of sp³-hybridized carbons (Fsp3) is 0.231. The number of aryl methyl sites for hydroxylation is 1. The molecule has 0 aliphatic heterocycles. The summed E-state index contributed by atoms with van der Waals surface area (Å²) in [4.78, 5) is 8.25. The molecule has 0 saturated heterocycles. The van der Waals surface area contributed by atoms with Crippen molar-refractivity contribution in [3.8, 4) is 0 Å². The zero-order chi connectivity index (χ0) is 13.8. The van der Waals surface area contributed by atoms with Crippen LogP contribution in [0.25, 0.3) is 0 Å². The molecule has 0 atom stereocenters. The predicted octanol–water partition coefficient (Wildman–Crippen LogP) is 2.52. The Balaban J connectivity index is 2.35. The van der Waals surface area contributed by atoms with E-state index in [1.807, 2.05) is 6.92 Å². The highest BCUT2D eigenvalue weighted by Gasteiger charge is 2.09. The van der Waals surface area contributed by atoms with Crippen molar-refractivity contribution >= 4 is 17.3 Å². The monoisotopic (exact) mass is 261 g/mol. The van der Waals surface area contributed by atoms with Crippen molar-refractivity contribution in [2.24, 2.45) is 5.84 Å². The molecule has 19 heavy (non-hydrogen) atoms. The molecule has 1 heterocycles. The number of nitrogens with zero attached hydrogens (tertiary/aromatic N) is 2. The van der Waals surface area contributed by atoms with Gasteiger partial charge in [-0.05, 0) is 37.1 Å². The van der Waals surface area contributed by atoms with Crippen molar-refractivity contribution in [3.05, 3.63) is 41.5 Å². The van der Waals surface area contributed by atoms with E-state index in [0.717, 1.165) is 17.7 Å². The first-order valence-corrected chi connectivity index (χ1v) is 5.99. The first kappa shape index (κ1) is 13.2. The van der Waals surface area contributed by atoms with Gasteiger partial charge in [0.1, 0.15) is 23.8 Å². The van der Waals surface area contributed by atoms with E-state index in [4.69, 9.17) is 5.84 Å². The number of rotatable bonds is 4. The van der Waals surface area contributed by atoms with Crippen LogP contribution < -0.4 is 16.6 Å². The lowest BCUT2D eigenvalue weighted by Crippen LogP contribution is -2.13. The van der Waals surface area contributed by atoms with Crippen LogP contribution in [0.1, 0.15) is 18.1 Å². The molecule has 5 nitrogen and oxygen atoms in total. The van der Waals surface area contributed by atoms with Crippen LogP contribution in [0.5, 0.6) is 0 Å². The molecule has 2 aromatic rings. The molecule has 0 amide bonds. The summed E-state index contributed by atoms with van der Waals surface area (Å²) in [5.41, 5.74) is 4.77. The zero-order valence-corrected chi connectivity index (χ0v) is 10.9. The van der Waals surface area contributed by atoms with E-state index in [1.165, 1.54) is 12.4 Å². The van der Waals surface area contributed by atoms with Gasteiger partial charge in [0.05, 0.1) is 0 Å². The third-order valence-electron chi connectivity index (χ3n) is 2.86. The van der Waals surface area contributed by atoms with Crippen molar-refractivity contribution in [2.75, 3.05) is 10.7 Å². The van der Waals surface area contributed by atoms with Gasteiger partial charge >= 0.3 is 0 Å². The average molecular weight is 261 g/mol. The third kappa shape index (κ3) is 2.79. The summed E-state index contributed by atoms with van der Waals surface area (Å²) in [6.07, 6.45) is 2.15. The number of hydrogen-bond acceptors (Lipinski definition) is 5. The summed E-state index contributed by atoms with van der Waals surface area (Å²) in [5.74, 6) is 6.43. The fourth-order valence-corrected chi connectivity index (χ4v) is 1.84. The Morgan fingerprint density at radius 1 is 1.26 bits per heavy atom. The molecule has 0 aliphatic rings. The lowest BCUT2D eigenvalue weighted by atomic mass is 10.2. The highest BCUT2D eigenvalue weighted by atomic mass is 19.1. The second-order valence-corrected chi connectivity index (χ2v) is 4.14. The quantitative estimate of drug-likeness (QED) is 0.582. The van der Waals surface area contributed by atoms with Crippen LogP contribution in [-0.2, 0) is 6.42 Å². The number of nitrogens with one attached hydrogen (secondary N) is 2. The maximum absolute atomic E-state index is 13.2. The molecule has 0 saturated carbocycles. The van der Waals surface area contributed by atoms with E-state index in [-0.39, 0.29) is 5.82 Å². The molecular weight excluding hydrogens is 245 g/mol. The molecule has 0 radical (unpaired) electrons. The van der Waals surface area contributed by atoms with Gasteiger partial charge in [0, 0.05) is 11.3 Å². The molecule has 0 aliphatic carbocycles. The van der Waals surface area contributed by atoms with Gasteiger partial charge in [-0.25, -0.2) is 20.2 Å². The molecule has 1 aromatic carbocycles. The molecule has 4 N–H and O–H groups in total. The minimum Gasteiger partial charge on any atom is -0.340 e. The fourth-order valence-electron chi connectivity index (χ4n) is 1.84. The van der Waals surface area contributed by atoms with Crippen LogP contribution >= 0.6 is 0 Å². The highest BCUT2D eigenvalue weighted by Crippen LogP contribution is 2.24. The zero-order valence-electron chi connectivity index (χ0n) is 10.9. The Hall–Kier alpha value is -2.21. The van der Waals surface area contributed by atoms with Crippen molar-refractivity contribution in [1.29, 1.82) is 0 Å². The maximum Gasteiger partial charge on any atom is 0.148 e. The van der Waals surface area contributed by atoms with Crippen LogP contribution in [0.2, 0.25) is 0 Å². The minimum absolute atomic E-state index is 0.228. The van der Waals surface area contributed by atoms with E-state index < -0.39 is 0 Å². The molecule has 1 aromatic heterocycles. The smallest absolute Gasteiger partial charge is 0.148 e. The van der Waals surface area contributed by atoms with Crippen LogP contribution in [0.4, 0.5) is 21.7 Å². The molecule has 0 fully saturated rings. The molecule has 6 heteroatoms. The SMILES string of the molecule is CCc1c(NN)ncnc1Nc1ccc(F)c(C)c1. The Bertz CT molecular complexity index is 585. The number of nitrogens with two attached hydrogens (primary N) is 1. The second-order valence-electron chi connectivity index (χ2n) is 4.14. The van der Waals surface area contributed by atoms with Crippen molar-refractivity contribution in [3.63, 3.8) is 0 Å². The van der Waals surface area contributed by atoms with Gasteiger partial charge in [0.2, 0.25) is 0 Å².